The summed E-state index contributed by atoms with van der Waals surface area (Å²) in [5.74, 6) is -1.85. The highest BCUT2D eigenvalue weighted by Gasteiger charge is 2.29. The summed E-state index contributed by atoms with van der Waals surface area (Å²) in [6.07, 6.45) is -1.24. The van der Waals surface area contributed by atoms with Crippen molar-refractivity contribution in [3.05, 3.63) is 95.3 Å². The first-order valence-electron chi connectivity index (χ1n) is 9.62. The van der Waals surface area contributed by atoms with Gasteiger partial charge in [0.2, 0.25) is 0 Å². The number of amides is 1. The van der Waals surface area contributed by atoms with Gasteiger partial charge in [-0.1, -0.05) is 66.7 Å². The summed E-state index contributed by atoms with van der Waals surface area (Å²) in [5, 5.41) is 11.7. The highest BCUT2D eigenvalue weighted by Crippen LogP contribution is 2.44. The molecule has 0 bridgehead atoms. The summed E-state index contributed by atoms with van der Waals surface area (Å²) in [7, 11) is 0. The molecule has 0 heterocycles. The molecule has 1 aliphatic rings. The molecule has 3 aromatic rings. The normalized spacial score (nSPS) is 13.2. The molecule has 1 atom stereocenters. The zero-order chi connectivity index (χ0) is 21.1. The Bertz CT molecular complexity index is 1050. The lowest BCUT2D eigenvalue weighted by Gasteiger charge is -2.19. The molecular weight excluding hydrogens is 385 g/mol. The predicted molar refractivity (Wildman–Crippen MR) is 110 cm³/mol. The molecular formula is C24H20FNO4. The molecule has 0 radical (unpaired) electrons. The molecule has 0 aromatic heterocycles. The van der Waals surface area contributed by atoms with E-state index < -0.39 is 30.3 Å². The van der Waals surface area contributed by atoms with Gasteiger partial charge in [0.15, 0.2) is 0 Å². The number of alkyl carbamates (subject to hydrolysis) is 1. The second kappa shape index (κ2) is 8.37. The monoisotopic (exact) mass is 405 g/mol. The van der Waals surface area contributed by atoms with E-state index in [9.17, 15) is 14.0 Å². The molecule has 0 spiro atoms. The van der Waals surface area contributed by atoms with Crippen LogP contribution < -0.4 is 5.32 Å². The summed E-state index contributed by atoms with van der Waals surface area (Å²) in [4.78, 5) is 23.7. The lowest BCUT2D eigenvalue weighted by Crippen LogP contribution is -2.32. The standard InChI is InChI=1S/C24H20FNO4/c25-21-12-6-5-11-19(21)22(13-23(27)28)26-24(29)30-14-20-17-9-3-1-7-15(17)16-8-2-4-10-18(16)20/h1-12,20,22H,13-14H2,(H,26,29)(H,27,28)/t22-/m1/s1. The molecule has 30 heavy (non-hydrogen) atoms. The van der Waals surface area contributed by atoms with Crippen LogP contribution in [0.4, 0.5) is 9.18 Å². The number of ether oxygens (including phenoxy) is 1. The Hall–Kier alpha value is -3.67. The number of nitrogens with one attached hydrogen (secondary N) is 1. The van der Waals surface area contributed by atoms with E-state index in [0.29, 0.717) is 0 Å². The van der Waals surface area contributed by atoms with Crippen molar-refractivity contribution in [2.45, 2.75) is 18.4 Å². The van der Waals surface area contributed by atoms with Crippen LogP contribution in [0.2, 0.25) is 0 Å². The smallest absolute Gasteiger partial charge is 0.407 e. The SMILES string of the molecule is O=C(O)C[C@@H](NC(=O)OCC1c2ccccc2-c2ccccc21)c1ccccc1F. The number of hydrogen-bond acceptors (Lipinski definition) is 3. The fourth-order valence-electron chi connectivity index (χ4n) is 3.95. The summed E-state index contributed by atoms with van der Waals surface area (Å²) in [5.41, 5.74) is 4.47. The van der Waals surface area contributed by atoms with Crippen molar-refractivity contribution in [1.29, 1.82) is 0 Å². The molecule has 152 valence electrons. The Labute approximate surface area is 173 Å². The van der Waals surface area contributed by atoms with Crippen molar-refractivity contribution < 1.29 is 23.8 Å². The maximum Gasteiger partial charge on any atom is 0.407 e. The van der Waals surface area contributed by atoms with Crippen LogP contribution >= 0.6 is 0 Å². The molecule has 6 heteroatoms. The minimum absolute atomic E-state index is 0.0942. The average molecular weight is 405 g/mol. The van der Waals surface area contributed by atoms with E-state index in [1.54, 1.807) is 6.07 Å². The lowest BCUT2D eigenvalue weighted by molar-refractivity contribution is -0.137. The van der Waals surface area contributed by atoms with Crippen LogP contribution in [-0.4, -0.2) is 23.8 Å². The van der Waals surface area contributed by atoms with E-state index >= 15 is 0 Å². The Balaban J connectivity index is 1.49. The van der Waals surface area contributed by atoms with Gasteiger partial charge in [-0.3, -0.25) is 4.79 Å². The van der Waals surface area contributed by atoms with Crippen molar-refractivity contribution in [2.24, 2.45) is 0 Å². The molecule has 0 aliphatic heterocycles. The van der Waals surface area contributed by atoms with Gasteiger partial charge in [-0.25, -0.2) is 9.18 Å². The van der Waals surface area contributed by atoms with E-state index in [1.165, 1.54) is 18.2 Å². The Morgan fingerprint density at radius 3 is 2.10 bits per heavy atom. The van der Waals surface area contributed by atoms with Crippen LogP contribution in [0.5, 0.6) is 0 Å². The number of fused-ring (bicyclic) bond motifs is 3. The number of benzene rings is 3. The first-order chi connectivity index (χ1) is 14.5. The van der Waals surface area contributed by atoms with Gasteiger partial charge >= 0.3 is 12.1 Å². The maximum absolute atomic E-state index is 14.1. The third kappa shape index (κ3) is 3.89. The second-order valence-electron chi connectivity index (χ2n) is 7.14. The Morgan fingerprint density at radius 1 is 0.933 bits per heavy atom. The van der Waals surface area contributed by atoms with E-state index in [4.69, 9.17) is 9.84 Å². The van der Waals surface area contributed by atoms with Gasteiger partial charge in [0.1, 0.15) is 12.4 Å². The molecule has 3 aromatic carbocycles. The highest BCUT2D eigenvalue weighted by molar-refractivity contribution is 5.79. The van der Waals surface area contributed by atoms with E-state index in [-0.39, 0.29) is 18.1 Å². The van der Waals surface area contributed by atoms with Gasteiger partial charge < -0.3 is 15.2 Å². The third-order valence-electron chi connectivity index (χ3n) is 5.30. The van der Waals surface area contributed by atoms with Gasteiger partial charge in [0.25, 0.3) is 0 Å². The molecule has 0 fully saturated rings. The summed E-state index contributed by atoms with van der Waals surface area (Å²) >= 11 is 0. The van der Waals surface area contributed by atoms with E-state index in [0.717, 1.165) is 22.3 Å². The average Bonchev–Trinajstić information content (AvgIpc) is 3.06. The number of carboxylic acid groups (broad SMARTS) is 1. The minimum Gasteiger partial charge on any atom is -0.481 e. The number of aliphatic carboxylic acids is 1. The molecule has 0 saturated carbocycles. The second-order valence-corrected chi connectivity index (χ2v) is 7.14. The predicted octanol–water partition coefficient (Wildman–Crippen LogP) is 4.88. The van der Waals surface area contributed by atoms with Gasteiger partial charge in [-0.05, 0) is 28.3 Å². The van der Waals surface area contributed by atoms with Crippen LogP contribution in [0.1, 0.15) is 35.1 Å². The third-order valence-corrected chi connectivity index (χ3v) is 5.30. The molecule has 2 N–H and O–H groups in total. The zero-order valence-corrected chi connectivity index (χ0v) is 16.0. The highest BCUT2D eigenvalue weighted by atomic mass is 19.1. The quantitative estimate of drug-likeness (QED) is 0.613. The van der Waals surface area contributed by atoms with Crippen LogP contribution in [0.15, 0.2) is 72.8 Å². The van der Waals surface area contributed by atoms with Crippen molar-refractivity contribution >= 4 is 12.1 Å². The summed E-state index contributed by atoms with van der Waals surface area (Å²) in [6, 6.07) is 20.7. The van der Waals surface area contributed by atoms with Crippen LogP contribution in [-0.2, 0) is 9.53 Å². The van der Waals surface area contributed by atoms with Crippen molar-refractivity contribution in [1.82, 2.24) is 5.32 Å². The van der Waals surface area contributed by atoms with Crippen LogP contribution in [0.3, 0.4) is 0 Å². The Kier molecular flexibility index (Phi) is 5.48. The van der Waals surface area contributed by atoms with Gasteiger partial charge in [-0.15, -0.1) is 0 Å². The minimum atomic E-state index is -1.15. The van der Waals surface area contributed by atoms with Gasteiger partial charge in [0, 0.05) is 11.5 Å². The van der Waals surface area contributed by atoms with Crippen molar-refractivity contribution in [3.63, 3.8) is 0 Å². The summed E-state index contributed by atoms with van der Waals surface area (Å²) in [6.45, 7) is 0.0942. The lowest BCUT2D eigenvalue weighted by atomic mass is 9.98. The number of hydrogen-bond donors (Lipinski definition) is 2. The molecule has 4 rings (SSSR count). The number of carbonyl (C=O) groups excluding carboxylic acids is 1. The van der Waals surface area contributed by atoms with Crippen LogP contribution in [0, 0.1) is 5.82 Å². The fraction of sp³-hybridized carbons (Fsp3) is 0.167. The molecule has 1 aliphatic carbocycles. The largest absolute Gasteiger partial charge is 0.481 e. The van der Waals surface area contributed by atoms with Crippen molar-refractivity contribution in [2.75, 3.05) is 6.61 Å². The zero-order valence-electron chi connectivity index (χ0n) is 16.0. The number of carbonyl (C=O) groups is 2. The summed E-state index contributed by atoms with van der Waals surface area (Å²) < 4.78 is 19.6. The fourth-order valence-corrected chi connectivity index (χ4v) is 3.95. The van der Waals surface area contributed by atoms with E-state index in [1.807, 2.05) is 48.5 Å². The first-order valence-corrected chi connectivity index (χ1v) is 9.62. The number of halogens is 1. The topological polar surface area (TPSA) is 75.6 Å². The van der Waals surface area contributed by atoms with Gasteiger partial charge in [-0.2, -0.15) is 0 Å². The molecule has 1 amide bonds. The number of rotatable bonds is 6. The van der Waals surface area contributed by atoms with Crippen molar-refractivity contribution in [3.8, 4) is 11.1 Å². The molecule has 0 unspecified atom stereocenters. The first kappa shape index (κ1) is 19.6. The maximum atomic E-state index is 14.1. The molecule has 0 saturated heterocycles. The number of carboxylic acids is 1. The Morgan fingerprint density at radius 2 is 1.50 bits per heavy atom. The van der Waals surface area contributed by atoms with Gasteiger partial charge in [0.05, 0.1) is 12.5 Å². The molecule has 5 nitrogen and oxygen atoms in total. The van der Waals surface area contributed by atoms with Crippen LogP contribution in [0.25, 0.3) is 11.1 Å². The van der Waals surface area contributed by atoms with E-state index in [2.05, 4.69) is 5.32 Å².